The molecule has 0 saturated heterocycles. The van der Waals surface area contributed by atoms with E-state index in [-0.39, 0.29) is 0 Å². The average Bonchev–Trinajstić information content (AvgIpc) is 2.91. The summed E-state index contributed by atoms with van der Waals surface area (Å²) in [5, 5.41) is 4.23. The maximum absolute atomic E-state index is 5.96. The second-order valence-corrected chi connectivity index (χ2v) is 6.59. The van der Waals surface area contributed by atoms with E-state index < -0.39 is 0 Å². The molecule has 6 heteroatoms. The molecule has 106 valence electrons. The Morgan fingerprint density at radius 1 is 1.30 bits per heavy atom. The van der Waals surface area contributed by atoms with Gasteiger partial charge in [0.1, 0.15) is 10.2 Å². The number of hydrogen-bond donors (Lipinski definition) is 1. The first-order chi connectivity index (χ1) is 9.78. The highest BCUT2D eigenvalue weighted by Gasteiger charge is 2.19. The van der Waals surface area contributed by atoms with Crippen molar-refractivity contribution in [2.75, 3.05) is 11.9 Å². The molecule has 20 heavy (non-hydrogen) atoms. The molecule has 0 aromatic carbocycles. The molecule has 0 radical (unpaired) electrons. The molecule has 2 heterocycles. The number of anilines is 1. The lowest BCUT2D eigenvalue weighted by Gasteiger charge is -2.19. The molecule has 0 unspecified atom stereocenters. The van der Waals surface area contributed by atoms with Gasteiger partial charge in [0, 0.05) is 17.8 Å². The fourth-order valence-electron chi connectivity index (χ4n) is 2.44. The van der Waals surface area contributed by atoms with E-state index in [2.05, 4.69) is 22.2 Å². The molecular weight excluding hydrogens is 292 g/mol. The molecule has 1 aliphatic rings. The maximum Gasteiger partial charge on any atom is 0.190 e. The van der Waals surface area contributed by atoms with Crippen LogP contribution in [0.5, 0.6) is 0 Å². The van der Waals surface area contributed by atoms with Crippen LogP contribution in [0.2, 0.25) is 4.34 Å². The SMILES string of the molecule is CCCNc1nc(-c2ncc(Cl)s2)nc2c1CCCC2. The van der Waals surface area contributed by atoms with Gasteiger partial charge in [-0.25, -0.2) is 15.0 Å². The zero-order valence-corrected chi connectivity index (χ0v) is 13.0. The monoisotopic (exact) mass is 308 g/mol. The van der Waals surface area contributed by atoms with Crippen LogP contribution in [-0.2, 0) is 12.8 Å². The van der Waals surface area contributed by atoms with E-state index in [1.54, 1.807) is 6.20 Å². The van der Waals surface area contributed by atoms with Gasteiger partial charge in [0.15, 0.2) is 10.8 Å². The number of nitrogens with zero attached hydrogens (tertiary/aromatic N) is 3. The van der Waals surface area contributed by atoms with E-state index in [1.165, 1.54) is 35.4 Å². The molecule has 0 fully saturated rings. The highest BCUT2D eigenvalue weighted by atomic mass is 35.5. The molecule has 2 aromatic heterocycles. The van der Waals surface area contributed by atoms with Gasteiger partial charge in [-0.05, 0) is 32.1 Å². The Balaban J connectivity index is 2.03. The zero-order chi connectivity index (χ0) is 13.9. The van der Waals surface area contributed by atoms with E-state index >= 15 is 0 Å². The van der Waals surface area contributed by atoms with Crippen LogP contribution in [0.4, 0.5) is 5.82 Å². The quantitative estimate of drug-likeness (QED) is 0.929. The van der Waals surface area contributed by atoms with Crippen LogP contribution >= 0.6 is 22.9 Å². The number of hydrogen-bond acceptors (Lipinski definition) is 5. The van der Waals surface area contributed by atoms with E-state index in [0.29, 0.717) is 10.2 Å². The fourth-order valence-corrected chi connectivity index (χ4v) is 3.28. The standard InChI is InChI=1S/C14H17ClN4S/c1-2-7-16-12-9-5-3-4-6-10(9)18-13(19-12)14-17-8-11(15)20-14/h8H,2-7H2,1H3,(H,16,18,19). The van der Waals surface area contributed by atoms with Crippen molar-refractivity contribution in [3.8, 4) is 10.8 Å². The number of nitrogens with one attached hydrogen (secondary N) is 1. The molecule has 0 spiro atoms. The molecule has 0 amide bonds. The van der Waals surface area contributed by atoms with E-state index in [1.807, 2.05) is 0 Å². The number of rotatable bonds is 4. The van der Waals surface area contributed by atoms with Gasteiger partial charge in [0.2, 0.25) is 0 Å². The molecular formula is C14H17ClN4S. The van der Waals surface area contributed by atoms with Crippen LogP contribution < -0.4 is 5.32 Å². The third-order valence-corrected chi connectivity index (χ3v) is 4.51. The summed E-state index contributed by atoms with van der Waals surface area (Å²) in [6.07, 6.45) is 7.26. The van der Waals surface area contributed by atoms with Crippen molar-refractivity contribution < 1.29 is 0 Å². The number of fused-ring (bicyclic) bond motifs is 1. The third-order valence-electron chi connectivity index (χ3n) is 3.39. The molecule has 0 aliphatic heterocycles. The van der Waals surface area contributed by atoms with Gasteiger partial charge >= 0.3 is 0 Å². The molecule has 1 N–H and O–H groups in total. The van der Waals surface area contributed by atoms with E-state index in [0.717, 1.165) is 36.6 Å². The van der Waals surface area contributed by atoms with Crippen molar-refractivity contribution in [2.45, 2.75) is 39.0 Å². The third kappa shape index (κ3) is 2.79. The molecule has 3 rings (SSSR count). The number of halogens is 1. The van der Waals surface area contributed by atoms with Crippen molar-refractivity contribution in [3.63, 3.8) is 0 Å². The number of aromatic nitrogens is 3. The van der Waals surface area contributed by atoms with Gasteiger partial charge in [-0.3, -0.25) is 0 Å². The Labute approximate surface area is 127 Å². The van der Waals surface area contributed by atoms with Crippen LogP contribution in [0.3, 0.4) is 0 Å². The predicted octanol–water partition coefficient (Wildman–Crippen LogP) is 3.95. The highest BCUT2D eigenvalue weighted by Crippen LogP contribution is 2.31. The molecule has 4 nitrogen and oxygen atoms in total. The van der Waals surface area contributed by atoms with E-state index in [4.69, 9.17) is 16.6 Å². The summed E-state index contributed by atoms with van der Waals surface area (Å²) in [6, 6.07) is 0. The summed E-state index contributed by atoms with van der Waals surface area (Å²) in [7, 11) is 0. The van der Waals surface area contributed by atoms with Gasteiger partial charge < -0.3 is 5.32 Å². The van der Waals surface area contributed by atoms with Crippen molar-refractivity contribution in [1.82, 2.24) is 15.0 Å². The minimum absolute atomic E-state index is 0.671. The number of aryl methyl sites for hydroxylation is 1. The van der Waals surface area contributed by atoms with Crippen molar-refractivity contribution in [1.29, 1.82) is 0 Å². The average molecular weight is 309 g/mol. The molecule has 0 saturated carbocycles. The first-order valence-electron chi connectivity index (χ1n) is 7.03. The lowest BCUT2D eigenvalue weighted by atomic mass is 9.96. The lowest BCUT2D eigenvalue weighted by Crippen LogP contribution is -2.14. The van der Waals surface area contributed by atoms with Crippen LogP contribution in [0.15, 0.2) is 6.20 Å². The normalized spacial score (nSPS) is 14.1. The van der Waals surface area contributed by atoms with Crippen LogP contribution in [0, 0.1) is 0 Å². The summed E-state index contributed by atoms with van der Waals surface area (Å²) in [4.78, 5) is 13.7. The first kappa shape index (κ1) is 13.8. The minimum Gasteiger partial charge on any atom is -0.370 e. The van der Waals surface area contributed by atoms with Crippen molar-refractivity contribution in [2.24, 2.45) is 0 Å². The van der Waals surface area contributed by atoms with Crippen molar-refractivity contribution >= 4 is 28.8 Å². The summed E-state index contributed by atoms with van der Waals surface area (Å²) < 4.78 is 0.671. The Bertz CT molecular complexity index is 611. The highest BCUT2D eigenvalue weighted by molar-refractivity contribution is 7.18. The molecule has 0 bridgehead atoms. The lowest BCUT2D eigenvalue weighted by molar-refractivity contribution is 0.664. The zero-order valence-electron chi connectivity index (χ0n) is 11.4. The molecule has 0 atom stereocenters. The summed E-state index contributed by atoms with van der Waals surface area (Å²) in [6.45, 7) is 3.09. The van der Waals surface area contributed by atoms with Crippen LogP contribution in [0.1, 0.15) is 37.4 Å². The maximum atomic E-state index is 5.96. The van der Waals surface area contributed by atoms with Crippen molar-refractivity contribution in [3.05, 3.63) is 21.8 Å². The Hall–Kier alpha value is -1.20. The predicted molar refractivity (Wildman–Crippen MR) is 83.6 cm³/mol. The summed E-state index contributed by atoms with van der Waals surface area (Å²) >= 11 is 7.39. The largest absolute Gasteiger partial charge is 0.370 e. The van der Waals surface area contributed by atoms with Gasteiger partial charge in [0.05, 0.1) is 6.20 Å². The smallest absolute Gasteiger partial charge is 0.190 e. The molecule has 2 aromatic rings. The van der Waals surface area contributed by atoms with Gasteiger partial charge in [-0.1, -0.05) is 29.9 Å². The number of thiazole rings is 1. The Kier molecular flexibility index (Phi) is 4.17. The Morgan fingerprint density at radius 2 is 2.15 bits per heavy atom. The Morgan fingerprint density at radius 3 is 2.90 bits per heavy atom. The van der Waals surface area contributed by atoms with Crippen LogP contribution in [0.25, 0.3) is 10.8 Å². The molecule has 1 aliphatic carbocycles. The topological polar surface area (TPSA) is 50.7 Å². The first-order valence-corrected chi connectivity index (χ1v) is 8.22. The second kappa shape index (κ2) is 6.06. The summed E-state index contributed by atoms with van der Waals surface area (Å²) in [5.74, 6) is 1.68. The minimum atomic E-state index is 0.671. The van der Waals surface area contributed by atoms with E-state index in [9.17, 15) is 0 Å². The fraction of sp³-hybridized carbons (Fsp3) is 0.500. The van der Waals surface area contributed by atoms with Gasteiger partial charge in [0.25, 0.3) is 0 Å². The van der Waals surface area contributed by atoms with Crippen LogP contribution in [-0.4, -0.2) is 21.5 Å². The second-order valence-electron chi connectivity index (χ2n) is 4.92. The van der Waals surface area contributed by atoms with Gasteiger partial charge in [-0.2, -0.15) is 0 Å². The van der Waals surface area contributed by atoms with Gasteiger partial charge in [-0.15, -0.1) is 0 Å². The summed E-state index contributed by atoms with van der Waals surface area (Å²) in [5.41, 5.74) is 2.46.